The summed E-state index contributed by atoms with van der Waals surface area (Å²) in [7, 11) is -3.15. The van der Waals surface area contributed by atoms with Crippen LogP contribution in [0, 0.1) is 11.6 Å². The Morgan fingerprint density at radius 3 is 2.13 bits per heavy atom. The van der Waals surface area contributed by atoms with E-state index in [-0.39, 0.29) is 16.0 Å². The van der Waals surface area contributed by atoms with E-state index in [0.29, 0.717) is 18.2 Å². The molecule has 0 bridgehead atoms. The molecule has 3 rings (SSSR count). The van der Waals surface area contributed by atoms with Crippen LogP contribution in [-0.4, -0.2) is 15.5 Å². The Hall–Kier alpha value is -3.14. The second-order valence-electron chi connectivity index (χ2n) is 6.14. The second-order valence-corrected chi connectivity index (χ2v) is 7.83. The molecule has 0 aliphatic heterocycles. The number of sulfonamides is 1. The van der Waals surface area contributed by atoms with Crippen LogP contribution in [-0.2, 0) is 16.2 Å². The van der Waals surface area contributed by atoms with Crippen molar-refractivity contribution in [2.45, 2.75) is 11.1 Å². The quantitative estimate of drug-likeness (QED) is 0.533. The molecule has 0 unspecified atom stereocenters. The number of anilines is 1. The van der Waals surface area contributed by atoms with E-state index >= 15 is 0 Å². The first kappa shape index (κ1) is 21.6. The van der Waals surface area contributed by atoms with Crippen molar-refractivity contribution in [2.75, 3.05) is 11.8 Å². The first-order valence-corrected chi connectivity index (χ1v) is 9.84. The predicted molar refractivity (Wildman–Crippen MR) is 101 cm³/mol. The molecular formula is C20H14F5NO3S. The van der Waals surface area contributed by atoms with Crippen molar-refractivity contribution >= 4 is 15.7 Å². The van der Waals surface area contributed by atoms with Gasteiger partial charge in [-0.3, -0.25) is 4.72 Å². The normalized spacial score (nSPS) is 11.9. The van der Waals surface area contributed by atoms with Gasteiger partial charge in [0, 0.05) is 11.6 Å². The number of alkyl halides is 3. The molecular weight excluding hydrogens is 429 g/mol. The van der Waals surface area contributed by atoms with Crippen molar-refractivity contribution in [1.82, 2.24) is 0 Å². The lowest BCUT2D eigenvalue weighted by Crippen LogP contribution is -2.14. The van der Waals surface area contributed by atoms with Gasteiger partial charge in [-0.25, -0.2) is 17.2 Å². The van der Waals surface area contributed by atoms with Gasteiger partial charge in [0.25, 0.3) is 10.0 Å². The second kappa shape index (κ2) is 7.94. The van der Waals surface area contributed by atoms with Gasteiger partial charge < -0.3 is 4.74 Å². The number of hydrogen-bond acceptors (Lipinski definition) is 3. The van der Waals surface area contributed by atoms with Crippen LogP contribution in [0.25, 0.3) is 11.1 Å². The van der Waals surface area contributed by atoms with Crippen molar-refractivity contribution in [2.24, 2.45) is 0 Å². The Balaban J connectivity index is 2.16. The molecule has 4 nitrogen and oxygen atoms in total. The molecule has 1 N–H and O–H groups in total. The molecule has 0 spiro atoms. The number of halogens is 5. The minimum atomic E-state index is -4.79. The molecule has 0 atom stereocenters. The average Bonchev–Trinajstić information content (AvgIpc) is 2.70. The first-order chi connectivity index (χ1) is 14.0. The Morgan fingerprint density at radius 1 is 0.900 bits per heavy atom. The largest absolute Gasteiger partial charge is 0.496 e. The zero-order valence-corrected chi connectivity index (χ0v) is 16.1. The van der Waals surface area contributed by atoms with E-state index in [4.69, 9.17) is 4.74 Å². The molecule has 30 heavy (non-hydrogen) atoms. The summed E-state index contributed by atoms with van der Waals surface area (Å²) in [6, 6.07) is 11.1. The maximum atomic E-state index is 13.9. The fourth-order valence-corrected chi connectivity index (χ4v) is 3.86. The zero-order chi connectivity index (χ0) is 22.1. The number of rotatable bonds is 5. The van der Waals surface area contributed by atoms with E-state index < -0.39 is 44.8 Å². The van der Waals surface area contributed by atoms with E-state index in [9.17, 15) is 30.4 Å². The molecule has 10 heteroatoms. The van der Waals surface area contributed by atoms with Crippen molar-refractivity contribution < 1.29 is 35.1 Å². The fourth-order valence-electron chi connectivity index (χ4n) is 2.77. The number of nitrogens with one attached hydrogen (secondary N) is 1. The van der Waals surface area contributed by atoms with Gasteiger partial charge in [0.2, 0.25) is 0 Å². The highest BCUT2D eigenvalue weighted by atomic mass is 32.2. The van der Waals surface area contributed by atoms with Crippen molar-refractivity contribution in [3.8, 4) is 16.9 Å². The van der Waals surface area contributed by atoms with Gasteiger partial charge in [0.05, 0.1) is 23.3 Å². The molecule has 3 aromatic carbocycles. The number of hydrogen-bond donors (Lipinski definition) is 1. The first-order valence-electron chi connectivity index (χ1n) is 8.35. The molecule has 158 valence electrons. The van der Waals surface area contributed by atoms with Gasteiger partial charge in [0.15, 0.2) is 11.6 Å². The van der Waals surface area contributed by atoms with Crippen molar-refractivity contribution in [3.63, 3.8) is 0 Å². The Morgan fingerprint density at radius 2 is 1.53 bits per heavy atom. The molecule has 0 aliphatic carbocycles. The van der Waals surface area contributed by atoms with E-state index in [1.807, 2.05) is 0 Å². The Bertz CT molecular complexity index is 1180. The minimum Gasteiger partial charge on any atom is -0.496 e. The number of benzene rings is 3. The summed E-state index contributed by atoms with van der Waals surface area (Å²) >= 11 is 0. The topological polar surface area (TPSA) is 55.4 Å². The van der Waals surface area contributed by atoms with Crippen LogP contribution in [0.15, 0.2) is 65.6 Å². The van der Waals surface area contributed by atoms with Crippen molar-refractivity contribution in [3.05, 3.63) is 77.9 Å². The molecule has 0 aliphatic rings. The standard InChI is InChI=1S/C20H14F5NO3S/c1-29-19-8-7-12(9-15(19)20(23,24)25)14-10-16(21)17(22)11-18(14)26-30(27,28)13-5-3-2-4-6-13/h2-11,26H,1H3. The molecule has 0 saturated heterocycles. The molecule has 0 heterocycles. The van der Waals surface area contributed by atoms with Gasteiger partial charge in [-0.15, -0.1) is 0 Å². The smallest absolute Gasteiger partial charge is 0.419 e. The average molecular weight is 443 g/mol. The molecule has 0 amide bonds. The van der Waals surface area contributed by atoms with E-state index in [0.717, 1.165) is 13.2 Å². The van der Waals surface area contributed by atoms with Gasteiger partial charge >= 0.3 is 6.18 Å². The van der Waals surface area contributed by atoms with Gasteiger partial charge in [-0.2, -0.15) is 13.2 Å². The summed E-state index contributed by atoms with van der Waals surface area (Å²) in [5, 5.41) is 0. The summed E-state index contributed by atoms with van der Waals surface area (Å²) in [6.07, 6.45) is -4.79. The van der Waals surface area contributed by atoms with E-state index in [1.54, 1.807) is 6.07 Å². The minimum absolute atomic E-state index is 0.161. The van der Waals surface area contributed by atoms with Gasteiger partial charge in [-0.05, 0) is 35.9 Å². The van der Waals surface area contributed by atoms with E-state index in [2.05, 4.69) is 4.72 Å². The highest BCUT2D eigenvalue weighted by molar-refractivity contribution is 7.92. The summed E-state index contributed by atoms with van der Waals surface area (Å²) in [5.41, 5.74) is -2.03. The zero-order valence-electron chi connectivity index (χ0n) is 15.3. The third kappa shape index (κ3) is 4.38. The monoisotopic (exact) mass is 443 g/mol. The van der Waals surface area contributed by atoms with Crippen LogP contribution >= 0.6 is 0 Å². The predicted octanol–water partition coefficient (Wildman–Crippen LogP) is 5.46. The summed E-state index contributed by atoms with van der Waals surface area (Å²) in [4.78, 5) is -0.161. The lowest BCUT2D eigenvalue weighted by atomic mass is 10.0. The third-order valence-electron chi connectivity index (χ3n) is 4.17. The molecule has 3 aromatic rings. The van der Waals surface area contributed by atoms with E-state index in [1.165, 1.54) is 30.3 Å². The summed E-state index contributed by atoms with van der Waals surface area (Å²) in [5.74, 6) is -3.19. The van der Waals surface area contributed by atoms with Crippen LogP contribution in [0.3, 0.4) is 0 Å². The number of methoxy groups -OCH3 is 1. The number of ether oxygens (including phenoxy) is 1. The van der Waals surface area contributed by atoms with Gasteiger partial charge in [0.1, 0.15) is 5.75 Å². The molecule has 0 radical (unpaired) electrons. The van der Waals surface area contributed by atoms with Crippen molar-refractivity contribution in [1.29, 1.82) is 0 Å². The lowest BCUT2D eigenvalue weighted by molar-refractivity contribution is -0.138. The molecule has 0 fully saturated rings. The SMILES string of the molecule is COc1ccc(-c2cc(F)c(F)cc2NS(=O)(=O)c2ccccc2)cc1C(F)(F)F. The highest BCUT2D eigenvalue weighted by Gasteiger charge is 2.35. The molecule has 0 saturated carbocycles. The third-order valence-corrected chi connectivity index (χ3v) is 5.56. The van der Waals surface area contributed by atoms with Crippen LogP contribution in [0.2, 0.25) is 0 Å². The highest BCUT2D eigenvalue weighted by Crippen LogP contribution is 2.40. The van der Waals surface area contributed by atoms with Crippen LogP contribution in [0.4, 0.5) is 27.6 Å². The summed E-state index contributed by atoms with van der Waals surface area (Å²) < 4.78 is 99.7. The maximum Gasteiger partial charge on any atom is 0.419 e. The lowest BCUT2D eigenvalue weighted by Gasteiger charge is -2.17. The summed E-state index contributed by atoms with van der Waals surface area (Å²) in [6.45, 7) is 0. The van der Waals surface area contributed by atoms with Crippen LogP contribution < -0.4 is 9.46 Å². The van der Waals surface area contributed by atoms with Crippen LogP contribution in [0.5, 0.6) is 5.75 Å². The van der Waals surface area contributed by atoms with Crippen LogP contribution in [0.1, 0.15) is 5.56 Å². The molecule has 0 aromatic heterocycles. The Labute approximate surface area is 169 Å². The fraction of sp³-hybridized carbons (Fsp3) is 0.100. The van der Waals surface area contributed by atoms with Gasteiger partial charge in [-0.1, -0.05) is 24.3 Å². The maximum absolute atomic E-state index is 13.9. The Kier molecular flexibility index (Phi) is 5.71.